The van der Waals surface area contributed by atoms with E-state index in [1.807, 2.05) is 0 Å². The van der Waals surface area contributed by atoms with Crippen LogP contribution in [-0.4, -0.2) is 24.3 Å². The molecule has 2 rings (SSSR count). The Morgan fingerprint density at radius 3 is 2.87 bits per heavy atom. The van der Waals surface area contributed by atoms with E-state index >= 15 is 0 Å². The summed E-state index contributed by atoms with van der Waals surface area (Å²) in [6.07, 6.45) is 4.70. The molecule has 1 aliphatic heterocycles. The summed E-state index contributed by atoms with van der Waals surface area (Å²) in [5.74, 6) is 0.203. The third kappa shape index (κ3) is 2.02. The highest BCUT2D eigenvalue weighted by molar-refractivity contribution is 5.02. The van der Waals surface area contributed by atoms with E-state index in [0.717, 1.165) is 25.9 Å². The quantitative estimate of drug-likeness (QED) is 0.753. The lowest BCUT2D eigenvalue weighted by molar-refractivity contribution is 0.0830. The zero-order chi connectivity index (χ0) is 10.9. The fraction of sp³-hybridized carbons (Fsp3) is 0.917. The molecule has 1 saturated carbocycles. The fourth-order valence-corrected chi connectivity index (χ4v) is 2.74. The second-order valence-corrected chi connectivity index (χ2v) is 5.10. The van der Waals surface area contributed by atoms with Crippen molar-refractivity contribution in [2.45, 2.75) is 57.2 Å². The van der Waals surface area contributed by atoms with E-state index in [4.69, 9.17) is 10.00 Å². The Kier molecular flexibility index (Phi) is 2.99. The summed E-state index contributed by atoms with van der Waals surface area (Å²) in [7, 11) is 0. The molecule has 3 heteroatoms. The summed E-state index contributed by atoms with van der Waals surface area (Å²) in [5.41, 5.74) is 0.0735. The monoisotopic (exact) mass is 208 g/mol. The first-order valence-corrected chi connectivity index (χ1v) is 5.94. The van der Waals surface area contributed by atoms with E-state index in [9.17, 15) is 0 Å². The molecule has 1 heterocycles. The molecule has 1 saturated heterocycles. The van der Waals surface area contributed by atoms with Crippen LogP contribution in [0.2, 0.25) is 0 Å². The van der Waals surface area contributed by atoms with Crippen LogP contribution in [0.1, 0.15) is 39.5 Å². The third-order valence-electron chi connectivity index (χ3n) is 4.08. The number of hydrogen-bond acceptors (Lipinski definition) is 3. The minimum atomic E-state index is 0.0735. The third-order valence-corrected chi connectivity index (χ3v) is 4.08. The van der Waals surface area contributed by atoms with Gasteiger partial charge in [0.15, 0.2) is 0 Å². The number of ether oxygens (including phenoxy) is 1. The van der Waals surface area contributed by atoms with Crippen molar-refractivity contribution in [1.82, 2.24) is 5.32 Å². The summed E-state index contributed by atoms with van der Waals surface area (Å²) < 4.78 is 5.60. The number of nitrogens with zero attached hydrogens (tertiary/aromatic N) is 1. The zero-order valence-electron chi connectivity index (χ0n) is 9.62. The van der Waals surface area contributed by atoms with E-state index in [-0.39, 0.29) is 17.6 Å². The summed E-state index contributed by atoms with van der Waals surface area (Å²) >= 11 is 0. The van der Waals surface area contributed by atoms with Crippen molar-refractivity contribution >= 4 is 0 Å². The molecule has 1 N–H and O–H groups in total. The van der Waals surface area contributed by atoms with Gasteiger partial charge in [-0.2, -0.15) is 5.26 Å². The smallest absolute Gasteiger partial charge is 0.0726 e. The first kappa shape index (κ1) is 10.9. The van der Waals surface area contributed by atoms with Crippen molar-refractivity contribution < 1.29 is 4.74 Å². The predicted molar refractivity (Wildman–Crippen MR) is 58.3 cm³/mol. The molecule has 2 aliphatic rings. The van der Waals surface area contributed by atoms with Gasteiger partial charge in [-0.05, 0) is 33.1 Å². The second kappa shape index (κ2) is 4.11. The number of hydrogen-bond donors (Lipinski definition) is 1. The van der Waals surface area contributed by atoms with E-state index in [2.05, 4.69) is 25.2 Å². The van der Waals surface area contributed by atoms with Gasteiger partial charge in [-0.3, -0.25) is 0 Å². The van der Waals surface area contributed by atoms with Gasteiger partial charge < -0.3 is 10.1 Å². The van der Waals surface area contributed by atoms with Crippen LogP contribution in [-0.2, 0) is 4.74 Å². The van der Waals surface area contributed by atoms with Gasteiger partial charge >= 0.3 is 0 Å². The molecule has 4 unspecified atom stereocenters. The number of rotatable bonds is 2. The molecular weight excluding hydrogens is 188 g/mol. The molecule has 4 atom stereocenters. The molecule has 2 fully saturated rings. The van der Waals surface area contributed by atoms with Crippen molar-refractivity contribution in [3.05, 3.63) is 0 Å². The van der Waals surface area contributed by atoms with Gasteiger partial charge in [-0.1, -0.05) is 6.42 Å². The van der Waals surface area contributed by atoms with Crippen LogP contribution >= 0.6 is 0 Å². The Morgan fingerprint density at radius 1 is 1.47 bits per heavy atom. The standard InChI is InChI=1S/C12H20N2O/c1-9-12(2,6-7-15-9)14-11-5-3-4-10(11)8-13/h9-11,14H,3-7H2,1-2H3. The molecule has 0 spiro atoms. The molecule has 1 aliphatic carbocycles. The van der Waals surface area contributed by atoms with Gasteiger partial charge in [0.1, 0.15) is 0 Å². The van der Waals surface area contributed by atoms with Crippen molar-refractivity contribution in [2.24, 2.45) is 5.92 Å². The van der Waals surface area contributed by atoms with Crippen molar-refractivity contribution in [2.75, 3.05) is 6.61 Å². The molecule has 3 nitrogen and oxygen atoms in total. The lowest BCUT2D eigenvalue weighted by Gasteiger charge is -2.33. The van der Waals surface area contributed by atoms with Gasteiger partial charge in [0.25, 0.3) is 0 Å². The molecule has 0 aromatic carbocycles. The Morgan fingerprint density at radius 2 is 2.27 bits per heavy atom. The summed E-state index contributed by atoms with van der Waals surface area (Å²) in [6, 6.07) is 2.80. The van der Waals surface area contributed by atoms with Crippen molar-refractivity contribution in [3.8, 4) is 6.07 Å². The molecule has 0 aromatic heterocycles. The van der Waals surface area contributed by atoms with Crippen LogP contribution in [0.25, 0.3) is 0 Å². The molecule has 0 aromatic rings. The van der Waals surface area contributed by atoms with Gasteiger partial charge in [-0.15, -0.1) is 0 Å². The van der Waals surface area contributed by atoms with Gasteiger partial charge in [0.2, 0.25) is 0 Å². The largest absolute Gasteiger partial charge is 0.377 e. The maximum atomic E-state index is 9.04. The highest BCUT2D eigenvalue weighted by Crippen LogP contribution is 2.31. The van der Waals surface area contributed by atoms with E-state index in [1.54, 1.807) is 0 Å². The molecule has 15 heavy (non-hydrogen) atoms. The van der Waals surface area contributed by atoms with Crippen molar-refractivity contribution in [3.63, 3.8) is 0 Å². The van der Waals surface area contributed by atoms with Crippen LogP contribution in [0.5, 0.6) is 0 Å². The molecule has 0 radical (unpaired) electrons. The Labute approximate surface area is 91.8 Å². The summed E-state index contributed by atoms with van der Waals surface area (Å²) in [5, 5.41) is 12.7. The van der Waals surface area contributed by atoms with Crippen LogP contribution in [0.4, 0.5) is 0 Å². The number of nitriles is 1. The Hall–Kier alpha value is -0.590. The molecule has 0 amide bonds. The molecular formula is C12H20N2O. The maximum absolute atomic E-state index is 9.04. The highest BCUT2D eigenvalue weighted by atomic mass is 16.5. The van der Waals surface area contributed by atoms with Crippen LogP contribution in [0.15, 0.2) is 0 Å². The van der Waals surface area contributed by atoms with Gasteiger partial charge in [0.05, 0.1) is 18.1 Å². The van der Waals surface area contributed by atoms with Crippen LogP contribution < -0.4 is 5.32 Å². The first-order chi connectivity index (χ1) is 7.15. The topological polar surface area (TPSA) is 45.0 Å². The zero-order valence-corrected chi connectivity index (χ0v) is 9.62. The summed E-state index contributed by atoms with van der Waals surface area (Å²) in [4.78, 5) is 0. The summed E-state index contributed by atoms with van der Waals surface area (Å²) in [6.45, 7) is 5.18. The van der Waals surface area contributed by atoms with Gasteiger partial charge in [0, 0.05) is 18.2 Å². The Balaban J connectivity index is 1.99. The first-order valence-electron chi connectivity index (χ1n) is 5.94. The van der Waals surface area contributed by atoms with Gasteiger partial charge in [-0.25, -0.2) is 0 Å². The normalized spacial score (nSPS) is 45.5. The average molecular weight is 208 g/mol. The number of nitrogens with one attached hydrogen (secondary N) is 1. The Bertz CT molecular complexity index is 273. The SMILES string of the molecule is CC1OCCC1(C)NC1CCCC1C#N. The lowest BCUT2D eigenvalue weighted by atomic mass is 9.91. The van der Waals surface area contributed by atoms with Crippen LogP contribution in [0.3, 0.4) is 0 Å². The minimum absolute atomic E-state index is 0.0735. The van der Waals surface area contributed by atoms with E-state index in [0.29, 0.717) is 6.04 Å². The average Bonchev–Trinajstić information content (AvgIpc) is 2.76. The second-order valence-electron chi connectivity index (χ2n) is 5.10. The highest BCUT2D eigenvalue weighted by Gasteiger charge is 2.41. The lowest BCUT2D eigenvalue weighted by Crippen LogP contribution is -2.53. The predicted octanol–water partition coefficient (Wildman–Crippen LogP) is 1.84. The van der Waals surface area contributed by atoms with Crippen LogP contribution in [0, 0.1) is 17.2 Å². The fourth-order valence-electron chi connectivity index (χ4n) is 2.74. The van der Waals surface area contributed by atoms with E-state index < -0.39 is 0 Å². The maximum Gasteiger partial charge on any atom is 0.0726 e. The molecule has 0 bridgehead atoms. The van der Waals surface area contributed by atoms with E-state index in [1.165, 1.54) is 6.42 Å². The van der Waals surface area contributed by atoms with Crippen molar-refractivity contribution in [1.29, 1.82) is 5.26 Å². The molecule has 84 valence electrons. The minimum Gasteiger partial charge on any atom is -0.377 e.